The predicted molar refractivity (Wildman–Crippen MR) is 99.0 cm³/mol. The average molecular weight is 363 g/mol. The molecule has 3 N–H and O–H groups in total. The van der Waals surface area contributed by atoms with Crippen molar-refractivity contribution >= 4 is 22.9 Å². The summed E-state index contributed by atoms with van der Waals surface area (Å²) in [5.74, 6) is 0.869. The Hall–Kier alpha value is -3.52. The molecule has 0 unspecified atom stereocenters. The number of rotatable bonds is 4. The van der Waals surface area contributed by atoms with E-state index in [1.165, 1.54) is 11.3 Å². The number of hydrogen-bond acceptors (Lipinski definition) is 6. The van der Waals surface area contributed by atoms with Gasteiger partial charge in [-0.1, -0.05) is 12.1 Å². The molecule has 128 valence electrons. The Morgan fingerprint density at radius 3 is 2.65 bits per heavy atom. The van der Waals surface area contributed by atoms with Gasteiger partial charge in [-0.15, -0.1) is 11.3 Å². The number of amides is 1. The minimum Gasteiger partial charge on any atom is -0.507 e. The standard InChI is InChI=1S/C18H13N5O2S/c24-15-4-2-1-3-13(15)17-21-16(22-23-17)11-5-7-12(8-6-11)20-18(25)14-9-26-10-19-14/h1-10,24H,(H,20,25)(H,21,22,23). The molecule has 0 spiro atoms. The van der Waals surface area contributed by atoms with Crippen molar-refractivity contribution in [3.05, 3.63) is 65.1 Å². The maximum Gasteiger partial charge on any atom is 0.275 e. The summed E-state index contributed by atoms with van der Waals surface area (Å²) >= 11 is 1.37. The minimum atomic E-state index is -0.251. The highest BCUT2D eigenvalue weighted by molar-refractivity contribution is 7.07. The van der Waals surface area contributed by atoms with E-state index in [0.29, 0.717) is 28.6 Å². The average Bonchev–Trinajstić information content (AvgIpc) is 3.35. The van der Waals surface area contributed by atoms with E-state index < -0.39 is 0 Å². The van der Waals surface area contributed by atoms with Crippen LogP contribution in [0.2, 0.25) is 0 Å². The van der Waals surface area contributed by atoms with Gasteiger partial charge in [-0.25, -0.2) is 9.97 Å². The van der Waals surface area contributed by atoms with E-state index in [-0.39, 0.29) is 11.7 Å². The van der Waals surface area contributed by atoms with Gasteiger partial charge in [0, 0.05) is 16.6 Å². The molecule has 2 heterocycles. The van der Waals surface area contributed by atoms with E-state index in [1.54, 1.807) is 41.2 Å². The van der Waals surface area contributed by atoms with Gasteiger partial charge in [0.25, 0.3) is 5.91 Å². The van der Waals surface area contributed by atoms with E-state index in [2.05, 4.69) is 25.5 Å². The van der Waals surface area contributed by atoms with Gasteiger partial charge >= 0.3 is 0 Å². The molecule has 7 nitrogen and oxygen atoms in total. The molecule has 0 aliphatic rings. The van der Waals surface area contributed by atoms with Crippen molar-refractivity contribution in [2.24, 2.45) is 0 Å². The van der Waals surface area contributed by atoms with Crippen LogP contribution in [-0.2, 0) is 0 Å². The van der Waals surface area contributed by atoms with Gasteiger partial charge < -0.3 is 10.4 Å². The van der Waals surface area contributed by atoms with E-state index in [1.807, 2.05) is 18.2 Å². The van der Waals surface area contributed by atoms with Gasteiger partial charge in [0.2, 0.25) is 0 Å². The number of thiazole rings is 1. The lowest BCUT2D eigenvalue weighted by Gasteiger charge is -2.03. The molecular formula is C18H13N5O2S. The second-order valence-electron chi connectivity index (χ2n) is 5.43. The first-order chi connectivity index (χ1) is 12.7. The fourth-order valence-electron chi connectivity index (χ4n) is 2.41. The first-order valence-electron chi connectivity index (χ1n) is 7.71. The van der Waals surface area contributed by atoms with Crippen molar-refractivity contribution in [3.63, 3.8) is 0 Å². The van der Waals surface area contributed by atoms with Crippen molar-refractivity contribution in [1.29, 1.82) is 0 Å². The zero-order chi connectivity index (χ0) is 17.9. The van der Waals surface area contributed by atoms with Crippen LogP contribution in [-0.4, -0.2) is 31.2 Å². The van der Waals surface area contributed by atoms with E-state index in [0.717, 1.165) is 5.56 Å². The molecule has 0 saturated carbocycles. The van der Waals surface area contributed by atoms with Crippen molar-refractivity contribution in [3.8, 4) is 28.5 Å². The molecular weight excluding hydrogens is 350 g/mol. The number of carbonyl (C=O) groups excluding carboxylic acids is 1. The first kappa shape index (κ1) is 16.0. The quantitative estimate of drug-likeness (QED) is 0.514. The van der Waals surface area contributed by atoms with Crippen molar-refractivity contribution in [2.45, 2.75) is 0 Å². The van der Waals surface area contributed by atoms with Gasteiger partial charge in [-0.3, -0.25) is 9.89 Å². The normalized spacial score (nSPS) is 10.6. The van der Waals surface area contributed by atoms with Crippen LogP contribution in [0.4, 0.5) is 5.69 Å². The second kappa shape index (κ2) is 6.77. The fourth-order valence-corrected chi connectivity index (χ4v) is 2.94. The molecule has 0 saturated heterocycles. The summed E-state index contributed by atoms with van der Waals surface area (Å²) in [6, 6.07) is 14.1. The number of para-hydroxylation sites is 1. The number of H-pyrrole nitrogens is 1. The maximum atomic E-state index is 12.0. The summed E-state index contributed by atoms with van der Waals surface area (Å²) in [6.07, 6.45) is 0. The molecule has 0 fully saturated rings. The summed E-state index contributed by atoms with van der Waals surface area (Å²) in [6.45, 7) is 0. The first-order valence-corrected chi connectivity index (χ1v) is 8.66. The van der Waals surface area contributed by atoms with Crippen LogP contribution in [0.3, 0.4) is 0 Å². The van der Waals surface area contributed by atoms with Gasteiger partial charge in [-0.05, 0) is 36.4 Å². The third kappa shape index (κ3) is 3.17. The summed E-state index contributed by atoms with van der Waals surface area (Å²) in [4.78, 5) is 20.4. The van der Waals surface area contributed by atoms with Gasteiger partial charge in [0.05, 0.1) is 11.1 Å². The lowest BCUT2D eigenvalue weighted by Crippen LogP contribution is -2.11. The molecule has 0 bridgehead atoms. The Morgan fingerprint density at radius 1 is 1.12 bits per heavy atom. The molecule has 2 aromatic carbocycles. The number of hydrogen-bond donors (Lipinski definition) is 3. The van der Waals surface area contributed by atoms with Gasteiger partial charge in [0.1, 0.15) is 11.4 Å². The highest BCUT2D eigenvalue weighted by Gasteiger charge is 2.12. The van der Waals surface area contributed by atoms with Crippen LogP contribution >= 0.6 is 11.3 Å². The topological polar surface area (TPSA) is 104 Å². The van der Waals surface area contributed by atoms with Crippen molar-refractivity contribution in [2.75, 3.05) is 5.32 Å². The van der Waals surface area contributed by atoms with E-state index in [4.69, 9.17) is 0 Å². The van der Waals surface area contributed by atoms with Crippen LogP contribution in [0, 0.1) is 0 Å². The number of phenols is 1. The lowest BCUT2D eigenvalue weighted by atomic mass is 10.2. The summed E-state index contributed by atoms with van der Waals surface area (Å²) in [5.41, 5.74) is 4.03. The molecule has 0 aliphatic heterocycles. The van der Waals surface area contributed by atoms with E-state index >= 15 is 0 Å². The number of phenolic OH excluding ortho intramolecular Hbond substituents is 1. The Balaban J connectivity index is 1.53. The fraction of sp³-hybridized carbons (Fsp3) is 0. The molecule has 2 aromatic heterocycles. The molecule has 4 rings (SSSR count). The number of nitrogens with one attached hydrogen (secondary N) is 2. The number of aromatic nitrogens is 4. The third-order valence-electron chi connectivity index (χ3n) is 3.71. The van der Waals surface area contributed by atoms with Crippen LogP contribution in [0.25, 0.3) is 22.8 Å². The van der Waals surface area contributed by atoms with Crippen LogP contribution < -0.4 is 5.32 Å². The summed E-state index contributed by atoms with van der Waals surface area (Å²) in [5, 5.41) is 21.4. The highest BCUT2D eigenvalue weighted by Crippen LogP contribution is 2.27. The molecule has 1 amide bonds. The van der Waals surface area contributed by atoms with Crippen molar-refractivity contribution in [1.82, 2.24) is 20.2 Å². The zero-order valence-electron chi connectivity index (χ0n) is 13.4. The number of benzene rings is 2. The zero-order valence-corrected chi connectivity index (χ0v) is 14.2. The molecule has 4 aromatic rings. The predicted octanol–water partition coefficient (Wildman–Crippen LogP) is 3.55. The maximum absolute atomic E-state index is 12.0. The van der Waals surface area contributed by atoms with Gasteiger partial charge in [0.15, 0.2) is 11.6 Å². The number of nitrogens with zero attached hydrogens (tertiary/aromatic N) is 3. The third-order valence-corrected chi connectivity index (χ3v) is 4.30. The van der Waals surface area contributed by atoms with Crippen LogP contribution in [0.1, 0.15) is 10.5 Å². The molecule has 26 heavy (non-hydrogen) atoms. The van der Waals surface area contributed by atoms with Crippen LogP contribution in [0.5, 0.6) is 5.75 Å². The monoisotopic (exact) mass is 363 g/mol. The minimum absolute atomic E-state index is 0.135. The van der Waals surface area contributed by atoms with Crippen LogP contribution in [0.15, 0.2) is 59.4 Å². The molecule has 0 aliphatic carbocycles. The van der Waals surface area contributed by atoms with E-state index in [9.17, 15) is 9.90 Å². The largest absolute Gasteiger partial charge is 0.507 e. The molecule has 8 heteroatoms. The smallest absolute Gasteiger partial charge is 0.275 e. The number of aromatic hydroxyl groups is 1. The molecule has 0 atom stereocenters. The number of carbonyl (C=O) groups is 1. The number of aromatic amines is 1. The SMILES string of the molecule is O=C(Nc1ccc(-c2n[nH]c(-c3ccccc3O)n2)cc1)c1cscn1. The highest BCUT2D eigenvalue weighted by atomic mass is 32.1. The summed E-state index contributed by atoms with van der Waals surface area (Å²) < 4.78 is 0. The molecule has 0 radical (unpaired) electrons. The van der Waals surface area contributed by atoms with Gasteiger partial charge in [-0.2, -0.15) is 5.10 Å². The summed E-state index contributed by atoms with van der Waals surface area (Å²) in [7, 11) is 0. The number of anilines is 1. The Morgan fingerprint density at radius 2 is 1.92 bits per heavy atom. The van der Waals surface area contributed by atoms with Crippen molar-refractivity contribution < 1.29 is 9.90 Å². The second-order valence-corrected chi connectivity index (χ2v) is 6.15. The lowest BCUT2D eigenvalue weighted by molar-refractivity contribution is 0.102. The Kier molecular flexibility index (Phi) is 4.16. The Bertz CT molecular complexity index is 1040. The Labute approximate surface area is 152 Å².